The van der Waals surface area contributed by atoms with Gasteiger partial charge in [0.2, 0.25) is 5.91 Å². The first-order chi connectivity index (χ1) is 10.0. The number of hydrogen-bond acceptors (Lipinski definition) is 3. The average Bonchev–Trinajstić information content (AvgIpc) is 2.93. The van der Waals surface area contributed by atoms with Crippen LogP contribution in [0, 0.1) is 5.92 Å². The number of rotatable bonds is 4. The summed E-state index contributed by atoms with van der Waals surface area (Å²) in [6.07, 6.45) is 2.85. The first-order valence-electron chi connectivity index (χ1n) is 7.29. The Morgan fingerprint density at radius 2 is 2.05 bits per heavy atom. The Labute approximate surface area is 125 Å². The number of carbonyl (C=O) groups excluding carboxylic acids is 2. The molecule has 1 saturated carbocycles. The molecule has 114 valence electrons. The van der Waals surface area contributed by atoms with Crippen molar-refractivity contribution in [1.29, 1.82) is 0 Å². The number of anilines is 1. The molecule has 2 atom stereocenters. The fourth-order valence-corrected chi connectivity index (χ4v) is 2.82. The molecule has 1 aliphatic rings. The van der Waals surface area contributed by atoms with Gasteiger partial charge in [0.05, 0.1) is 11.3 Å². The lowest BCUT2D eigenvalue weighted by molar-refractivity contribution is -0.116. The summed E-state index contributed by atoms with van der Waals surface area (Å²) in [4.78, 5) is 25.5. The molecule has 0 heterocycles. The molecule has 5 heteroatoms. The van der Waals surface area contributed by atoms with Crippen molar-refractivity contribution in [3.8, 4) is 0 Å². The number of benzene rings is 1. The summed E-state index contributed by atoms with van der Waals surface area (Å²) >= 11 is 0. The van der Waals surface area contributed by atoms with Crippen LogP contribution in [0.15, 0.2) is 24.3 Å². The summed E-state index contributed by atoms with van der Waals surface area (Å²) in [5.74, 6) is -0.181. The Balaban J connectivity index is 2.18. The van der Waals surface area contributed by atoms with Crippen LogP contribution in [-0.4, -0.2) is 36.6 Å². The van der Waals surface area contributed by atoms with Crippen molar-refractivity contribution in [2.24, 2.45) is 5.92 Å². The summed E-state index contributed by atoms with van der Waals surface area (Å²) < 4.78 is 0. The van der Waals surface area contributed by atoms with Crippen LogP contribution in [0.3, 0.4) is 0 Å². The molecule has 21 heavy (non-hydrogen) atoms. The van der Waals surface area contributed by atoms with Gasteiger partial charge in [0.1, 0.15) is 0 Å². The topological polar surface area (TPSA) is 69.6 Å². The van der Waals surface area contributed by atoms with Crippen molar-refractivity contribution in [2.75, 3.05) is 18.6 Å². The predicted molar refractivity (Wildman–Crippen MR) is 81.2 cm³/mol. The van der Waals surface area contributed by atoms with Crippen molar-refractivity contribution >= 4 is 17.5 Å². The summed E-state index contributed by atoms with van der Waals surface area (Å²) in [5, 5.41) is 12.3. The summed E-state index contributed by atoms with van der Waals surface area (Å²) in [7, 11) is 1.65. The highest BCUT2D eigenvalue weighted by Crippen LogP contribution is 2.26. The Morgan fingerprint density at radius 3 is 2.71 bits per heavy atom. The van der Waals surface area contributed by atoms with E-state index in [2.05, 4.69) is 5.32 Å². The lowest BCUT2D eigenvalue weighted by atomic mass is 10.0. The van der Waals surface area contributed by atoms with Crippen LogP contribution in [0.5, 0.6) is 0 Å². The SMILES string of the molecule is CC(=O)N(C)c1ccccc1C(=O)NC1CCCC1CO. The lowest BCUT2D eigenvalue weighted by Crippen LogP contribution is -2.39. The van der Waals surface area contributed by atoms with E-state index < -0.39 is 0 Å². The molecule has 5 nitrogen and oxygen atoms in total. The molecule has 0 bridgehead atoms. The molecule has 0 radical (unpaired) electrons. The summed E-state index contributed by atoms with van der Waals surface area (Å²) in [6.45, 7) is 1.56. The van der Waals surface area contributed by atoms with Crippen LogP contribution in [0.25, 0.3) is 0 Å². The molecular formula is C16H22N2O3. The standard InChI is InChI=1S/C16H22N2O3/c1-11(20)18(2)15-9-4-3-7-13(15)16(21)17-14-8-5-6-12(14)10-19/h3-4,7,9,12,14,19H,5-6,8,10H2,1-2H3,(H,17,21). The monoisotopic (exact) mass is 290 g/mol. The van der Waals surface area contributed by atoms with Crippen molar-refractivity contribution in [3.05, 3.63) is 29.8 Å². The highest BCUT2D eigenvalue weighted by molar-refractivity contribution is 6.04. The Bertz CT molecular complexity index is 530. The number of para-hydroxylation sites is 1. The van der Waals surface area contributed by atoms with Crippen LogP contribution in [0.4, 0.5) is 5.69 Å². The summed E-state index contributed by atoms with van der Waals surface area (Å²) in [6, 6.07) is 7.07. The van der Waals surface area contributed by atoms with Crippen LogP contribution in [0.2, 0.25) is 0 Å². The number of amides is 2. The third-order valence-electron chi connectivity index (χ3n) is 4.19. The van der Waals surface area contributed by atoms with E-state index in [0.29, 0.717) is 11.3 Å². The molecule has 1 fully saturated rings. The van der Waals surface area contributed by atoms with Crippen LogP contribution >= 0.6 is 0 Å². The average molecular weight is 290 g/mol. The highest BCUT2D eigenvalue weighted by Gasteiger charge is 2.29. The molecule has 0 aliphatic heterocycles. The van der Waals surface area contributed by atoms with Gasteiger partial charge in [-0.1, -0.05) is 18.6 Å². The quantitative estimate of drug-likeness (QED) is 0.884. The second-order valence-electron chi connectivity index (χ2n) is 5.55. The van der Waals surface area contributed by atoms with Gasteiger partial charge in [-0.2, -0.15) is 0 Å². The molecule has 2 rings (SSSR count). The third-order valence-corrected chi connectivity index (χ3v) is 4.19. The molecule has 0 saturated heterocycles. The zero-order valence-corrected chi connectivity index (χ0v) is 12.5. The van der Waals surface area contributed by atoms with E-state index in [1.54, 1.807) is 31.3 Å². The minimum atomic E-state index is -0.191. The van der Waals surface area contributed by atoms with Gasteiger partial charge in [0.25, 0.3) is 5.91 Å². The zero-order chi connectivity index (χ0) is 15.4. The second kappa shape index (κ2) is 6.72. The molecule has 1 aliphatic carbocycles. The van der Waals surface area contributed by atoms with Gasteiger partial charge in [-0.05, 0) is 25.0 Å². The highest BCUT2D eigenvalue weighted by atomic mass is 16.3. The van der Waals surface area contributed by atoms with Crippen molar-refractivity contribution in [2.45, 2.75) is 32.2 Å². The van der Waals surface area contributed by atoms with Crippen LogP contribution in [-0.2, 0) is 4.79 Å². The van der Waals surface area contributed by atoms with Crippen LogP contribution in [0.1, 0.15) is 36.5 Å². The minimum absolute atomic E-state index is 0.0122. The minimum Gasteiger partial charge on any atom is -0.396 e. The van der Waals surface area contributed by atoms with Gasteiger partial charge in [-0.3, -0.25) is 9.59 Å². The largest absolute Gasteiger partial charge is 0.396 e. The van der Waals surface area contributed by atoms with Gasteiger partial charge < -0.3 is 15.3 Å². The molecule has 2 amide bonds. The number of aliphatic hydroxyl groups excluding tert-OH is 1. The van der Waals surface area contributed by atoms with E-state index in [9.17, 15) is 14.7 Å². The number of nitrogens with zero attached hydrogens (tertiary/aromatic N) is 1. The number of aliphatic hydroxyl groups is 1. The normalized spacial score (nSPS) is 21.1. The predicted octanol–water partition coefficient (Wildman–Crippen LogP) is 1.56. The zero-order valence-electron chi connectivity index (χ0n) is 12.5. The van der Waals surface area contributed by atoms with E-state index >= 15 is 0 Å². The molecule has 2 N–H and O–H groups in total. The van der Waals surface area contributed by atoms with E-state index in [1.807, 2.05) is 0 Å². The Kier molecular flexibility index (Phi) is 4.96. The van der Waals surface area contributed by atoms with Gasteiger partial charge in [0.15, 0.2) is 0 Å². The van der Waals surface area contributed by atoms with Crippen LogP contribution < -0.4 is 10.2 Å². The summed E-state index contributed by atoms with van der Waals surface area (Å²) in [5.41, 5.74) is 1.08. The van der Waals surface area contributed by atoms with Gasteiger partial charge in [-0.15, -0.1) is 0 Å². The van der Waals surface area contributed by atoms with E-state index in [-0.39, 0.29) is 30.4 Å². The maximum absolute atomic E-state index is 12.5. The number of hydrogen-bond donors (Lipinski definition) is 2. The molecule has 2 unspecified atom stereocenters. The number of nitrogens with one attached hydrogen (secondary N) is 1. The molecule has 1 aromatic carbocycles. The smallest absolute Gasteiger partial charge is 0.253 e. The fourth-order valence-electron chi connectivity index (χ4n) is 2.82. The van der Waals surface area contributed by atoms with Crippen molar-refractivity contribution in [1.82, 2.24) is 5.32 Å². The lowest BCUT2D eigenvalue weighted by Gasteiger charge is -2.22. The fraction of sp³-hybridized carbons (Fsp3) is 0.500. The van der Waals surface area contributed by atoms with E-state index in [0.717, 1.165) is 19.3 Å². The molecule has 0 spiro atoms. The van der Waals surface area contributed by atoms with Crippen molar-refractivity contribution < 1.29 is 14.7 Å². The molecule has 0 aromatic heterocycles. The second-order valence-corrected chi connectivity index (χ2v) is 5.55. The van der Waals surface area contributed by atoms with Gasteiger partial charge in [0, 0.05) is 32.5 Å². The Morgan fingerprint density at radius 1 is 1.33 bits per heavy atom. The van der Waals surface area contributed by atoms with Crippen molar-refractivity contribution in [3.63, 3.8) is 0 Å². The van der Waals surface area contributed by atoms with E-state index in [1.165, 1.54) is 11.8 Å². The number of carbonyl (C=O) groups is 2. The molecule has 1 aromatic rings. The first-order valence-corrected chi connectivity index (χ1v) is 7.29. The van der Waals surface area contributed by atoms with Gasteiger partial charge in [-0.25, -0.2) is 0 Å². The third kappa shape index (κ3) is 3.42. The first kappa shape index (κ1) is 15.5. The maximum atomic E-state index is 12.5. The van der Waals surface area contributed by atoms with E-state index in [4.69, 9.17) is 0 Å². The van der Waals surface area contributed by atoms with Gasteiger partial charge >= 0.3 is 0 Å². The molecular weight excluding hydrogens is 268 g/mol. The Hall–Kier alpha value is -1.88. The maximum Gasteiger partial charge on any atom is 0.253 e.